The average Bonchev–Trinajstić information content (AvgIpc) is 3.46. The molecule has 0 radical (unpaired) electrons. The molecular weight excluding hydrogens is 570 g/mol. The minimum atomic E-state index is -6.30. The van der Waals surface area contributed by atoms with Crippen LogP contribution in [0.3, 0.4) is 0 Å². The smallest absolute Gasteiger partial charge is 0.337 e. The molecule has 1 saturated heterocycles. The van der Waals surface area contributed by atoms with E-state index in [1.165, 1.54) is 0 Å². The van der Waals surface area contributed by atoms with Gasteiger partial charge in [0.15, 0.2) is 9.84 Å². The maximum atomic E-state index is 14.9. The Bertz CT molecular complexity index is 1520. The Labute approximate surface area is 224 Å². The van der Waals surface area contributed by atoms with Crippen LogP contribution < -0.4 is 0 Å². The van der Waals surface area contributed by atoms with Gasteiger partial charge in [0, 0.05) is 37.6 Å². The highest BCUT2D eigenvalue weighted by Gasteiger charge is 2.73. The highest BCUT2D eigenvalue weighted by atomic mass is 32.2. The summed E-state index contributed by atoms with van der Waals surface area (Å²) in [5.41, 5.74) is -7.42. The van der Waals surface area contributed by atoms with E-state index >= 15 is 0 Å². The van der Waals surface area contributed by atoms with E-state index < -0.39 is 50.0 Å². The van der Waals surface area contributed by atoms with Crippen molar-refractivity contribution in [1.29, 1.82) is 0 Å². The van der Waals surface area contributed by atoms with Crippen LogP contribution in [0.1, 0.15) is 35.4 Å². The predicted molar refractivity (Wildman–Crippen MR) is 127 cm³/mol. The van der Waals surface area contributed by atoms with Crippen molar-refractivity contribution in [2.24, 2.45) is 7.05 Å². The van der Waals surface area contributed by atoms with Gasteiger partial charge in [0.1, 0.15) is 16.4 Å². The number of imidazole rings is 1. The van der Waals surface area contributed by atoms with E-state index in [1.54, 1.807) is 24.0 Å². The first kappa shape index (κ1) is 28.5. The standard InChI is InChI=1S/C26H23F8N3O2S/c1-36-13-11-35-22(36)15-37-12-10-23(40(38,39)19-6-4-18(27)5-7-19)20-8-3-17(14-16(20)2-9-21(23)37)24(28,25(29,30)31)26(32,33)34/h3-8,11,13-14,21H,2,9-10,12,15H2,1H3/t21-,23-/m0/s1. The summed E-state index contributed by atoms with van der Waals surface area (Å²) in [4.78, 5) is 5.89. The highest BCUT2D eigenvalue weighted by Crippen LogP contribution is 2.56. The normalized spacial score (nSPS) is 22.3. The molecule has 0 saturated carbocycles. The Hall–Kier alpha value is -3.00. The van der Waals surface area contributed by atoms with Gasteiger partial charge in [-0.15, -0.1) is 0 Å². The van der Waals surface area contributed by atoms with Crippen LogP contribution in [0.15, 0.2) is 59.8 Å². The predicted octanol–water partition coefficient (Wildman–Crippen LogP) is 5.74. The van der Waals surface area contributed by atoms with Crippen molar-refractivity contribution >= 4 is 9.84 Å². The summed E-state index contributed by atoms with van der Waals surface area (Å²) in [7, 11) is -2.64. The fraction of sp³-hybridized carbons (Fsp3) is 0.423. The molecule has 0 unspecified atom stereocenters. The number of hydrogen-bond donors (Lipinski definition) is 0. The van der Waals surface area contributed by atoms with E-state index in [4.69, 9.17) is 0 Å². The second-order valence-corrected chi connectivity index (χ2v) is 12.3. The maximum absolute atomic E-state index is 14.9. The maximum Gasteiger partial charge on any atom is 0.435 e. The molecule has 1 aliphatic carbocycles. The molecule has 1 aromatic heterocycles. The number of aryl methyl sites for hydroxylation is 2. The molecule has 5 nitrogen and oxygen atoms in total. The first-order chi connectivity index (χ1) is 18.5. The van der Waals surface area contributed by atoms with E-state index in [1.807, 2.05) is 4.90 Å². The van der Waals surface area contributed by atoms with E-state index in [0.29, 0.717) is 18.0 Å². The van der Waals surface area contributed by atoms with Gasteiger partial charge in [-0.1, -0.05) is 18.2 Å². The van der Waals surface area contributed by atoms with Crippen LogP contribution in [0.2, 0.25) is 0 Å². The largest absolute Gasteiger partial charge is 0.435 e. The number of nitrogens with zero attached hydrogens (tertiary/aromatic N) is 3. The fourth-order valence-corrected chi connectivity index (χ4v) is 8.46. The van der Waals surface area contributed by atoms with Gasteiger partial charge in [-0.2, -0.15) is 26.3 Å². The van der Waals surface area contributed by atoms with Crippen molar-refractivity contribution in [2.45, 2.75) is 59.5 Å². The third kappa shape index (κ3) is 4.05. The molecule has 2 heterocycles. The van der Waals surface area contributed by atoms with Gasteiger partial charge in [0.05, 0.1) is 11.4 Å². The molecule has 0 amide bonds. The van der Waals surface area contributed by atoms with E-state index in [0.717, 1.165) is 30.3 Å². The highest BCUT2D eigenvalue weighted by molar-refractivity contribution is 7.92. The lowest BCUT2D eigenvalue weighted by Crippen LogP contribution is -2.52. The quantitative estimate of drug-likeness (QED) is 0.280. The van der Waals surface area contributed by atoms with Gasteiger partial charge in [-0.05, 0) is 54.7 Å². The van der Waals surface area contributed by atoms with Gasteiger partial charge in [0.25, 0.3) is 0 Å². The topological polar surface area (TPSA) is 55.2 Å². The van der Waals surface area contributed by atoms with Crippen LogP contribution in [0.25, 0.3) is 0 Å². The van der Waals surface area contributed by atoms with Crippen molar-refractivity contribution in [3.05, 3.63) is 83.2 Å². The van der Waals surface area contributed by atoms with Gasteiger partial charge in [0.2, 0.25) is 0 Å². The van der Waals surface area contributed by atoms with Gasteiger partial charge in [-0.25, -0.2) is 22.2 Å². The zero-order chi connectivity index (χ0) is 29.3. The van der Waals surface area contributed by atoms with Gasteiger partial charge in [-0.3, -0.25) is 4.90 Å². The number of likely N-dealkylation sites (tertiary alicyclic amines) is 1. The first-order valence-electron chi connectivity index (χ1n) is 12.2. The molecule has 2 aromatic carbocycles. The number of rotatable bonds is 5. The molecule has 0 bridgehead atoms. The number of sulfone groups is 1. The Morgan fingerprint density at radius 3 is 2.23 bits per heavy atom. The summed E-state index contributed by atoms with van der Waals surface area (Å²) < 4.78 is 138. The number of alkyl halides is 7. The van der Waals surface area contributed by atoms with Crippen LogP contribution in [0, 0.1) is 5.82 Å². The molecule has 40 heavy (non-hydrogen) atoms. The summed E-state index contributed by atoms with van der Waals surface area (Å²) in [6.07, 6.45) is -9.42. The zero-order valence-corrected chi connectivity index (χ0v) is 21.7. The van der Waals surface area contributed by atoms with E-state index in [9.17, 15) is 43.5 Å². The molecule has 2 aliphatic rings. The summed E-state index contributed by atoms with van der Waals surface area (Å²) in [6, 6.07) is 5.03. The number of benzene rings is 2. The molecule has 1 aliphatic heterocycles. The zero-order valence-electron chi connectivity index (χ0n) is 20.9. The third-order valence-electron chi connectivity index (χ3n) is 8.05. The summed E-state index contributed by atoms with van der Waals surface area (Å²) in [5, 5.41) is 0. The molecule has 5 rings (SSSR count). The Morgan fingerprint density at radius 1 is 1.00 bits per heavy atom. The van der Waals surface area contributed by atoms with Gasteiger partial charge >= 0.3 is 18.0 Å². The van der Waals surface area contributed by atoms with E-state index in [2.05, 4.69) is 4.98 Å². The summed E-state index contributed by atoms with van der Waals surface area (Å²) >= 11 is 0. The monoisotopic (exact) mass is 593 g/mol. The number of aromatic nitrogens is 2. The second kappa shape index (κ2) is 9.26. The van der Waals surface area contributed by atoms with Crippen molar-refractivity contribution in [2.75, 3.05) is 6.54 Å². The molecule has 0 N–H and O–H groups in total. The minimum absolute atomic E-state index is 0.00543. The second-order valence-electron chi connectivity index (χ2n) is 10.1. The molecule has 14 heteroatoms. The SMILES string of the molecule is Cn1ccnc1CN1CC[C@]2(S(=O)(=O)c3ccc(F)cc3)c3ccc(C(F)(C(F)(F)F)C(F)(F)F)cc3CC[C@H]12. The lowest BCUT2D eigenvalue weighted by Gasteiger charge is -2.43. The van der Waals surface area contributed by atoms with Crippen molar-refractivity contribution < 1.29 is 43.5 Å². The Balaban J connectivity index is 1.69. The molecule has 3 aromatic rings. The van der Waals surface area contributed by atoms with Crippen LogP contribution in [0.4, 0.5) is 35.1 Å². The third-order valence-corrected chi connectivity index (χ3v) is 10.6. The number of halogens is 8. The first-order valence-corrected chi connectivity index (χ1v) is 13.7. The van der Waals surface area contributed by atoms with Crippen LogP contribution in [-0.4, -0.2) is 47.8 Å². The molecule has 1 fully saturated rings. The fourth-order valence-electron chi connectivity index (χ4n) is 6.07. The van der Waals surface area contributed by atoms with Crippen molar-refractivity contribution in [3.63, 3.8) is 0 Å². The van der Waals surface area contributed by atoms with E-state index in [-0.39, 0.29) is 48.4 Å². The lowest BCUT2D eigenvalue weighted by molar-refractivity contribution is -0.348. The van der Waals surface area contributed by atoms with Crippen LogP contribution >= 0.6 is 0 Å². The molecule has 2 atom stereocenters. The van der Waals surface area contributed by atoms with Crippen LogP contribution in [-0.2, 0) is 40.3 Å². The average molecular weight is 594 g/mol. The Morgan fingerprint density at radius 2 is 1.65 bits per heavy atom. The van der Waals surface area contributed by atoms with Crippen molar-refractivity contribution in [3.8, 4) is 0 Å². The minimum Gasteiger partial charge on any atom is -0.337 e. The Kier molecular flexibility index (Phi) is 6.61. The lowest BCUT2D eigenvalue weighted by atomic mass is 9.77. The summed E-state index contributed by atoms with van der Waals surface area (Å²) in [6.45, 7) is 0.454. The van der Waals surface area contributed by atoms with Gasteiger partial charge < -0.3 is 4.57 Å². The molecular formula is C26H23F8N3O2S. The number of hydrogen-bond acceptors (Lipinski definition) is 4. The number of fused-ring (bicyclic) bond motifs is 3. The summed E-state index contributed by atoms with van der Waals surface area (Å²) in [5.74, 6) is -0.0724. The van der Waals surface area contributed by atoms with Crippen LogP contribution in [0.5, 0.6) is 0 Å². The molecule has 0 spiro atoms. The van der Waals surface area contributed by atoms with Crippen molar-refractivity contribution in [1.82, 2.24) is 14.5 Å². The molecule has 216 valence electrons.